The number of rotatable bonds is 5. The van der Waals surface area contributed by atoms with E-state index >= 15 is 0 Å². The Balaban J connectivity index is 1.86. The second-order valence-electron chi connectivity index (χ2n) is 5.75. The van der Waals surface area contributed by atoms with Crippen LogP contribution >= 0.6 is 0 Å². The smallest absolute Gasteiger partial charge is 0.251 e. The highest BCUT2D eigenvalue weighted by atomic mass is 16.5. The molecule has 0 saturated carbocycles. The summed E-state index contributed by atoms with van der Waals surface area (Å²) in [7, 11) is 0. The molecule has 0 aliphatic heterocycles. The van der Waals surface area contributed by atoms with E-state index in [1.807, 2.05) is 58.0 Å². The maximum atomic E-state index is 12.2. The van der Waals surface area contributed by atoms with Gasteiger partial charge in [-0.3, -0.25) is 4.79 Å². The summed E-state index contributed by atoms with van der Waals surface area (Å²) < 4.78 is 5.69. The monoisotopic (exact) mass is 297 g/mol. The number of hydrogen-bond acceptors (Lipinski definition) is 2. The molecule has 0 aromatic heterocycles. The minimum absolute atomic E-state index is 0.0507. The molecular weight excluding hydrogens is 274 g/mol. The van der Waals surface area contributed by atoms with Crippen molar-refractivity contribution in [1.29, 1.82) is 0 Å². The first kappa shape index (κ1) is 16.1. The van der Waals surface area contributed by atoms with Crippen molar-refractivity contribution in [2.24, 2.45) is 0 Å². The number of ether oxygens (including phenoxy) is 1. The Kier molecular flexibility index (Phi) is 5.21. The molecule has 0 aliphatic rings. The largest absolute Gasteiger partial charge is 0.492 e. The van der Waals surface area contributed by atoms with E-state index in [2.05, 4.69) is 11.4 Å². The predicted molar refractivity (Wildman–Crippen MR) is 89.7 cm³/mol. The van der Waals surface area contributed by atoms with Gasteiger partial charge < -0.3 is 10.1 Å². The number of hydrogen-bond donors (Lipinski definition) is 1. The molecule has 22 heavy (non-hydrogen) atoms. The molecule has 1 amide bonds. The zero-order valence-corrected chi connectivity index (χ0v) is 13.7. The molecule has 2 rings (SSSR count). The van der Waals surface area contributed by atoms with E-state index in [9.17, 15) is 4.79 Å². The van der Waals surface area contributed by atoms with E-state index in [1.165, 1.54) is 11.1 Å². The number of carbonyl (C=O) groups excluding carboxylic acids is 1. The van der Waals surface area contributed by atoms with Crippen molar-refractivity contribution in [1.82, 2.24) is 5.32 Å². The van der Waals surface area contributed by atoms with Gasteiger partial charge in [-0.25, -0.2) is 0 Å². The third kappa shape index (κ3) is 4.35. The lowest BCUT2D eigenvalue weighted by atomic mass is 10.1. The molecule has 0 unspecified atom stereocenters. The van der Waals surface area contributed by atoms with Crippen LogP contribution in [0.25, 0.3) is 0 Å². The number of carbonyl (C=O) groups is 1. The van der Waals surface area contributed by atoms with Crippen LogP contribution < -0.4 is 10.1 Å². The Morgan fingerprint density at radius 3 is 2.32 bits per heavy atom. The van der Waals surface area contributed by atoms with Gasteiger partial charge in [0.05, 0.1) is 6.54 Å². The summed E-state index contributed by atoms with van der Waals surface area (Å²) in [4.78, 5) is 12.2. The first-order valence-electron chi connectivity index (χ1n) is 7.52. The molecule has 3 nitrogen and oxygen atoms in total. The quantitative estimate of drug-likeness (QED) is 0.854. The first-order chi connectivity index (χ1) is 10.5. The lowest BCUT2D eigenvalue weighted by Gasteiger charge is -2.11. The topological polar surface area (TPSA) is 38.3 Å². The minimum atomic E-state index is -0.0507. The zero-order valence-electron chi connectivity index (χ0n) is 13.7. The predicted octanol–water partition coefficient (Wildman–Crippen LogP) is 3.73. The maximum Gasteiger partial charge on any atom is 0.251 e. The number of aryl methyl sites for hydroxylation is 4. The molecule has 0 radical (unpaired) electrons. The number of nitrogens with one attached hydrogen (secondary N) is 1. The van der Waals surface area contributed by atoms with Crippen molar-refractivity contribution in [2.45, 2.75) is 27.7 Å². The number of benzene rings is 2. The van der Waals surface area contributed by atoms with Crippen LogP contribution in [0.4, 0.5) is 0 Å². The van der Waals surface area contributed by atoms with E-state index in [1.54, 1.807) is 0 Å². The van der Waals surface area contributed by atoms with Gasteiger partial charge in [-0.2, -0.15) is 0 Å². The molecule has 0 saturated heterocycles. The average molecular weight is 297 g/mol. The van der Waals surface area contributed by atoms with Gasteiger partial charge in [0.1, 0.15) is 12.4 Å². The van der Waals surface area contributed by atoms with Crippen LogP contribution in [0.2, 0.25) is 0 Å². The third-order valence-electron chi connectivity index (χ3n) is 3.49. The summed E-state index contributed by atoms with van der Waals surface area (Å²) in [5.41, 5.74) is 5.15. The SMILES string of the molecule is Cc1cc(C)cc(OCCNC(=O)c2cc(C)ccc2C)c1. The molecule has 2 aromatic carbocycles. The van der Waals surface area contributed by atoms with E-state index in [4.69, 9.17) is 4.74 Å². The third-order valence-corrected chi connectivity index (χ3v) is 3.49. The van der Waals surface area contributed by atoms with Gasteiger partial charge in [0.25, 0.3) is 5.91 Å². The van der Waals surface area contributed by atoms with Gasteiger partial charge in [0.2, 0.25) is 0 Å². The fraction of sp³-hybridized carbons (Fsp3) is 0.316. The second-order valence-corrected chi connectivity index (χ2v) is 5.75. The van der Waals surface area contributed by atoms with E-state index in [-0.39, 0.29) is 5.91 Å². The Morgan fingerprint density at radius 2 is 1.64 bits per heavy atom. The van der Waals surface area contributed by atoms with Gasteiger partial charge in [-0.15, -0.1) is 0 Å². The van der Waals surface area contributed by atoms with Crippen LogP contribution in [0, 0.1) is 27.7 Å². The van der Waals surface area contributed by atoms with E-state index < -0.39 is 0 Å². The molecule has 0 spiro atoms. The molecule has 0 aliphatic carbocycles. The standard InChI is InChI=1S/C19H23NO2/c1-13-5-6-16(4)18(12-13)19(21)20-7-8-22-17-10-14(2)9-15(3)11-17/h5-6,9-12H,7-8H2,1-4H3,(H,20,21). The highest BCUT2D eigenvalue weighted by Crippen LogP contribution is 2.16. The molecule has 116 valence electrons. The molecular formula is C19H23NO2. The van der Waals surface area contributed by atoms with Crippen LogP contribution in [0.5, 0.6) is 5.75 Å². The van der Waals surface area contributed by atoms with Crippen LogP contribution in [-0.4, -0.2) is 19.1 Å². The molecule has 3 heteroatoms. The summed E-state index contributed by atoms with van der Waals surface area (Å²) >= 11 is 0. The van der Waals surface area contributed by atoms with Gasteiger partial charge in [-0.05, 0) is 62.6 Å². The lowest BCUT2D eigenvalue weighted by molar-refractivity contribution is 0.0946. The van der Waals surface area contributed by atoms with E-state index in [0.29, 0.717) is 13.2 Å². The van der Waals surface area contributed by atoms with Crippen LogP contribution in [-0.2, 0) is 0 Å². The van der Waals surface area contributed by atoms with Crippen molar-refractivity contribution >= 4 is 5.91 Å². The average Bonchev–Trinajstić information content (AvgIpc) is 2.45. The Bertz CT molecular complexity index is 657. The lowest BCUT2D eigenvalue weighted by Crippen LogP contribution is -2.28. The summed E-state index contributed by atoms with van der Waals surface area (Å²) in [5, 5.41) is 2.90. The highest BCUT2D eigenvalue weighted by Gasteiger charge is 2.08. The molecule has 0 fully saturated rings. The molecule has 0 bridgehead atoms. The normalized spacial score (nSPS) is 10.4. The summed E-state index contributed by atoms with van der Waals surface area (Å²) in [5.74, 6) is 0.795. The molecule has 0 atom stereocenters. The fourth-order valence-electron chi connectivity index (χ4n) is 2.43. The summed E-state index contributed by atoms with van der Waals surface area (Å²) in [6.45, 7) is 8.96. The number of amides is 1. The Labute approximate surface area is 132 Å². The highest BCUT2D eigenvalue weighted by molar-refractivity contribution is 5.95. The maximum absolute atomic E-state index is 12.2. The molecule has 1 N–H and O–H groups in total. The zero-order chi connectivity index (χ0) is 16.1. The van der Waals surface area contributed by atoms with Crippen molar-refractivity contribution in [3.05, 3.63) is 64.2 Å². The van der Waals surface area contributed by atoms with Gasteiger partial charge >= 0.3 is 0 Å². The Hall–Kier alpha value is -2.29. The summed E-state index contributed by atoms with van der Waals surface area (Å²) in [6.07, 6.45) is 0. The van der Waals surface area contributed by atoms with Crippen LogP contribution in [0.3, 0.4) is 0 Å². The Morgan fingerprint density at radius 1 is 0.955 bits per heavy atom. The van der Waals surface area contributed by atoms with Crippen molar-refractivity contribution in [3.63, 3.8) is 0 Å². The van der Waals surface area contributed by atoms with Gasteiger partial charge in [0.15, 0.2) is 0 Å². The van der Waals surface area contributed by atoms with Crippen molar-refractivity contribution in [3.8, 4) is 5.75 Å². The van der Waals surface area contributed by atoms with Crippen molar-refractivity contribution < 1.29 is 9.53 Å². The summed E-state index contributed by atoms with van der Waals surface area (Å²) in [6, 6.07) is 12.0. The fourth-order valence-corrected chi connectivity index (χ4v) is 2.43. The van der Waals surface area contributed by atoms with Crippen LogP contribution in [0.15, 0.2) is 36.4 Å². The van der Waals surface area contributed by atoms with Crippen molar-refractivity contribution in [2.75, 3.05) is 13.2 Å². The van der Waals surface area contributed by atoms with Gasteiger partial charge in [0, 0.05) is 5.56 Å². The molecule has 2 aromatic rings. The van der Waals surface area contributed by atoms with E-state index in [0.717, 1.165) is 22.4 Å². The van der Waals surface area contributed by atoms with Gasteiger partial charge in [-0.1, -0.05) is 23.8 Å². The first-order valence-corrected chi connectivity index (χ1v) is 7.52. The second kappa shape index (κ2) is 7.12. The minimum Gasteiger partial charge on any atom is -0.492 e. The van der Waals surface area contributed by atoms with Crippen LogP contribution in [0.1, 0.15) is 32.6 Å². The molecule has 0 heterocycles.